The number of piperazine rings is 1. The number of ether oxygens (including phenoxy) is 9. The number of nitrogens with one attached hydrogen (secondary N) is 1. The van der Waals surface area contributed by atoms with Crippen LogP contribution in [0.4, 0.5) is 22.5 Å². The van der Waals surface area contributed by atoms with Gasteiger partial charge in [-0.15, -0.1) is 0 Å². The van der Waals surface area contributed by atoms with Crippen LogP contribution in [0.15, 0.2) is 60.0 Å². The Morgan fingerprint density at radius 2 is 1.41 bits per heavy atom. The summed E-state index contributed by atoms with van der Waals surface area (Å²) in [5, 5.41) is 37.5. The molecule has 5 aliphatic heterocycles. The van der Waals surface area contributed by atoms with Crippen LogP contribution in [0, 0.1) is 29.6 Å². The van der Waals surface area contributed by atoms with Crippen LogP contribution in [0.1, 0.15) is 154 Å². The third kappa shape index (κ3) is 25.0. The third-order valence-corrected chi connectivity index (χ3v) is 21.5. The van der Waals surface area contributed by atoms with Crippen molar-refractivity contribution in [1.82, 2.24) is 35.1 Å². The predicted octanol–water partition coefficient (Wildman–Crippen LogP) is 4.68. The first-order chi connectivity index (χ1) is 52.2. The Morgan fingerprint density at radius 1 is 0.743 bits per heavy atom. The standard InChI is InChI=1S/C78H117N11O20/c1-48-15-11-10-12-16-49(2)64(101-8)43-57-20-18-53(6)78(100,109-57)70(95)73(97)89-25-14-13-17-61(89)74(98)107-65(44-62(91)50(3)40-52(5)68(93)69(94)67(92)51(4)39-48)59(79)41-55-19-21-63(66(42-55)102-9)108-77(99)88-26-22-60-56(47-88)45-82-75(84-60)86-27-29-87(30-28-86)76-83-46-58(71(80)85-76)72(96)81-24-32-104-34-36-106-38-37-105-35-33-103-31-23-54(7)90/h10-12,15-16,40,45-46,48,50-51,53,55,57,59,61,63-66,68-69,93-94,100H,13-14,17-39,41-44,47,79H2,1-9H3,(H,81,96)(H2,80,83,85)/b12-10?,15-11+,49-16?,52-40+/t48-,50-,51-,53-,55+,57+,59-,61+,63-,64+,65+,66-,68-,69+,78-/m1/s1. The molecule has 6 aliphatic rings. The minimum atomic E-state index is -2.52. The molecular formula is C78H117N11O20. The summed E-state index contributed by atoms with van der Waals surface area (Å²) in [7, 11) is 3.08. The average molecular weight is 1530 g/mol. The number of Topliss-reactive ketones (excluding diaryl/α,β-unsaturated/α-hetero) is 4. The molecule has 2 aromatic rings. The summed E-state index contributed by atoms with van der Waals surface area (Å²) in [5.41, 5.74) is 16.1. The first-order valence-electron chi connectivity index (χ1n) is 38.6. The number of rotatable bonds is 24. The van der Waals surface area contributed by atoms with E-state index in [2.05, 4.69) is 20.2 Å². The van der Waals surface area contributed by atoms with Gasteiger partial charge in [0.05, 0.1) is 89.0 Å². The summed E-state index contributed by atoms with van der Waals surface area (Å²) in [5.74, 6) is -8.70. The number of hydrogen-bond donors (Lipinski definition) is 6. The van der Waals surface area contributed by atoms with Crippen LogP contribution >= 0.6 is 0 Å². The normalized spacial score (nSPS) is 29.4. The maximum atomic E-state index is 14.7. The zero-order chi connectivity index (χ0) is 78.9. The van der Waals surface area contributed by atoms with Gasteiger partial charge in [-0.2, -0.15) is 4.98 Å². The molecule has 31 heteroatoms. The molecule has 1 aliphatic carbocycles. The SMILES string of the molecule is CO[C@H]1C[C@@H]2CC[C@@H](C)[C@@](O)(O2)C(=O)C(=O)N2CCCC[C@H]2C(=O)O[C@H]([C@H](N)C[C@@H]2CC[C@@H](OC(=O)N3CCc4nc(N5CCN(c6ncc(C(=O)NCCOCCOCCOCCOCCC(C)=O)c(N)n6)CC5)ncc4C3)[C@H](OC)C2)CC(=O)[C@H](C)/C=C(\C)[C@@H](O)[C@@H](O)C(=O)[C@H](C)C[C@H](C)/C=C/C=CC=C1C. The highest BCUT2D eigenvalue weighted by Crippen LogP contribution is 2.38. The summed E-state index contributed by atoms with van der Waals surface area (Å²) in [6.45, 7) is 17.7. The third-order valence-electron chi connectivity index (χ3n) is 21.5. The van der Waals surface area contributed by atoms with Crippen LogP contribution < -0.4 is 26.6 Å². The molecule has 1 saturated carbocycles. The fourth-order valence-electron chi connectivity index (χ4n) is 14.7. The van der Waals surface area contributed by atoms with Crippen LogP contribution in [0.5, 0.6) is 0 Å². The molecule has 4 fully saturated rings. The number of nitrogens with zero attached hydrogens (tertiary/aromatic N) is 8. The number of methoxy groups -OCH3 is 2. The number of fused-ring (bicyclic) bond motifs is 4. The molecule has 8 N–H and O–H groups in total. The Bertz CT molecular complexity index is 3520. The van der Waals surface area contributed by atoms with Gasteiger partial charge >= 0.3 is 12.1 Å². The van der Waals surface area contributed by atoms with E-state index in [9.17, 15) is 53.7 Å². The summed E-state index contributed by atoms with van der Waals surface area (Å²) in [4.78, 5) is 135. The molecule has 0 unspecified atom stereocenters. The largest absolute Gasteiger partial charge is 0.459 e. The number of aliphatic hydroxyl groups excluding tert-OH is 2. The van der Waals surface area contributed by atoms with E-state index in [1.54, 1.807) is 39.0 Å². The van der Waals surface area contributed by atoms with Gasteiger partial charge < -0.3 is 94.3 Å². The van der Waals surface area contributed by atoms with Crippen molar-refractivity contribution in [1.29, 1.82) is 0 Å². The number of piperidine rings is 1. The predicted molar refractivity (Wildman–Crippen MR) is 401 cm³/mol. The van der Waals surface area contributed by atoms with E-state index in [1.165, 1.54) is 33.2 Å². The van der Waals surface area contributed by atoms with Gasteiger partial charge in [0, 0.05) is 127 Å². The number of aromatic nitrogens is 4. The Kier molecular flexibility index (Phi) is 34.1. The van der Waals surface area contributed by atoms with Gasteiger partial charge in [-0.05, 0) is 108 Å². The minimum Gasteiger partial charge on any atom is -0.459 e. The Labute approximate surface area is 639 Å². The number of esters is 1. The van der Waals surface area contributed by atoms with Crippen LogP contribution in [0.25, 0.3) is 0 Å². The zero-order valence-corrected chi connectivity index (χ0v) is 64.9. The summed E-state index contributed by atoms with van der Waals surface area (Å²) < 4.78 is 52.3. The molecule has 15 atom stereocenters. The van der Waals surface area contributed by atoms with Crippen LogP contribution in [-0.2, 0) is 84.4 Å². The van der Waals surface area contributed by atoms with Crippen molar-refractivity contribution >= 4 is 64.7 Å². The molecule has 2 bridgehead atoms. The second-order valence-corrected chi connectivity index (χ2v) is 29.8. The lowest BCUT2D eigenvalue weighted by molar-refractivity contribution is -0.265. The second kappa shape index (κ2) is 42.7. The van der Waals surface area contributed by atoms with Crippen molar-refractivity contribution in [2.24, 2.45) is 35.3 Å². The van der Waals surface area contributed by atoms with Crippen LogP contribution in [-0.4, -0.2) is 266 Å². The van der Waals surface area contributed by atoms with Gasteiger partial charge in [-0.25, -0.2) is 24.5 Å². The van der Waals surface area contributed by atoms with E-state index >= 15 is 0 Å². The number of carbonyl (C=O) groups excluding carboxylic acids is 8. The molecule has 109 heavy (non-hydrogen) atoms. The van der Waals surface area contributed by atoms with E-state index in [4.69, 9.17) is 64.1 Å². The van der Waals surface area contributed by atoms with Crippen LogP contribution in [0.2, 0.25) is 0 Å². The lowest BCUT2D eigenvalue weighted by atomic mass is 9.80. The van der Waals surface area contributed by atoms with Crippen molar-refractivity contribution < 1.29 is 96.3 Å². The highest BCUT2D eigenvalue weighted by molar-refractivity contribution is 6.39. The zero-order valence-electron chi connectivity index (χ0n) is 64.9. The molecule has 8 rings (SSSR count). The van der Waals surface area contributed by atoms with Gasteiger partial charge in [0.25, 0.3) is 17.6 Å². The molecule has 3 saturated heterocycles. The monoisotopic (exact) mass is 1530 g/mol. The Morgan fingerprint density at radius 3 is 2.08 bits per heavy atom. The number of ketones is 4. The maximum Gasteiger partial charge on any atom is 0.410 e. The average Bonchev–Trinajstić information content (AvgIpc) is 0.774. The molecule has 0 spiro atoms. The number of allylic oxidation sites excluding steroid dienone is 6. The molecule has 7 heterocycles. The lowest BCUT2D eigenvalue weighted by Gasteiger charge is -2.42. The number of aliphatic hydroxyl groups is 3. The number of carbonyl (C=O) groups is 8. The maximum absolute atomic E-state index is 14.7. The lowest BCUT2D eigenvalue weighted by Crippen LogP contribution is -2.61. The van der Waals surface area contributed by atoms with E-state index in [1.807, 2.05) is 49.1 Å². The molecule has 0 radical (unpaired) electrons. The molecular weight excluding hydrogens is 1410 g/mol. The highest BCUT2D eigenvalue weighted by atomic mass is 16.6. The molecule has 3 amide bonds. The minimum absolute atomic E-state index is 0.00504. The topological polar surface area (TPSA) is 409 Å². The van der Waals surface area contributed by atoms with Gasteiger partial charge in [0.15, 0.2) is 5.78 Å². The second-order valence-electron chi connectivity index (χ2n) is 29.8. The molecule has 0 aromatic carbocycles. The Hall–Kier alpha value is -7.56. The van der Waals surface area contributed by atoms with Gasteiger partial charge in [0.1, 0.15) is 47.8 Å². The molecule has 31 nitrogen and oxygen atoms in total. The first-order valence-corrected chi connectivity index (χ1v) is 38.6. The summed E-state index contributed by atoms with van der Waals surface area (Å²) >= 11 is 0. The molecule has 604 valence electrons. The van der Waals surface area contributed by atoms with E-state index in [0.29, 0.717) is 155 Å². The number of anilines is 3. The summed E-state index contributed by atoms with van der Waals surface area (Å²) in [6.07, 6.45) is 10.8. The van der Waals surface area contributed by atoms with Crippen molar-refractivity contribution in [2.75, 3.05) is 128 Å². The van der Waals surface area contributed by atoms with Crippen molar-refractivity contribution in [3.8, 4) is 0 Å². The number of cyclic esters (lactones) is 1. The van der Waals surface area contributed by atoms with Gasteiger partial charge in [0.2, 0.25) is 17.7 Å². The van der Waals surface area contributed by atoms with E-state index < -0.39 is 126 Å². The fourth-order valence-corrected chi connectivity index (χ4v) is 14.7. The van der Waals surface area contributed by atoms with Crippen LogP contribution in [0.3, 0.4) is 0 Å². The van der Waals surface area contributed by atoms with Crippen molar-refractivity contribution in [3.05, 3.63) is 76.8 Å². The number of nitrogen functional groups attached to an aromatic ring is 1. The smallest absolute Gasteiger partial charge is 0.410 e. The van der Waals surface area contributed by atoms with Gasteiger partial charge in [-0.1, -0.05) is 64.2 Å². The van der Waals surface area contributed by atoms with Crippen molar-refractivity contribution in [2.45, 2.75) is 206 Å². The quantitative estimate of drug-likeness (QED) is 0.0359. The van der Waals surface area contributed by atoms with E-state index in [-0.39, 0.29) is 80.1 Å². The fraction of sp³-hybridized carbons (Fsp3) is 0.692. The Balaban J connectivity index is 0.843. The van der Waals surface area contributed by atoms with E-state index in [0.717, 1.165) is 21.7 Å². The highest BCUT2D eigenvalue weighted by Gasteiger charge is 2.53. The van der Waals surface area contributed by atoms with Crippen molar-refractivity contribution in [3.63, 3.8) is 0 Å². The summed E-state index contributed by atoms with van der Waals surface area (Å²) in [6, 6.07) is -2.26. The van der Waals surface area contributed by atoms with Gasteiger partial charge in [-0.3, -0.25) is 28.8 Å². The number of amides is 3. The molecule has 2 aromatic heterocycles. The number of hydrogen-bond acceptors (Lipinski definition) is 28. The number of nitrogens with two attached hydrogens (primary N) is 2. The first kappa shape index (κ1) is 87.0.